The van der Waals surface area contributed by atoms with Gasteiger partial charge in [-0.3, -0.25) is 0 Å². The van der Waals surface area contributed by atoms with Crippen LogP contribution in [-0.4, -0.2) is 13.7 Å². The molecule has 1 aromatic heterocycles. The lowest BCUT2D eigenvalue weighted by molar-refractivity contribution is 0.340. The molecule has 0 bridgehead atoms. The van der Waals surface area contributed by atoms with Crippen LogP contribution in [0, 0.1) is 0 Å². The fraction of sp³-hybridized carbons (Fsp3) is 0.333. The minimum absolute atomic E-state index is 0.316. The number of hydrogen-bond acceptors (Lipinski definition) is 4. The number of hydrogen-bond donors (Lipinski definition) is 1. The molecule has 1 heterocycles. The second-order valence-electron chi connectivity index (χ2n) is 4.50. The summed E-state index contributed by atoms with van der Waals surface area (Å²) >= 11 is 1.77. The molecular formula is C15H20N2OS. The van der Waals surface area contributed by atoms with Crippen molar-refractivity contribution >= 4 is 22.7 Å². The Morgan fingerprint density at radius 2 is 2.16 bits per heavy atom. The molecule has 2 aromatic rings. The largest absolute Gasteiger partial charge is 0.494 e. The number of rotatable bonds is 5. The second-order valence-corrected chi connectivity index (χ2v) is 5.47. The van der Waals surface area contributed by atoms with Gasteiger partial charge in [0.05, 0.1) is 12.6 Å². The van der Waals surface area contributed by atoms with Gasteiger partial charge in [0.25, 0.3) is 0 Å². The van der Waals surface area contributed by atoms with Gasteiger partial charge in [0.15, 0.2) is 0 Å². The number of ether oxygens (including phenoxy) is 1. The van der Waals surface area contributed by atoms with Gasteiger partial charge >= 0.3 is 0 Å². The molecule has 0 aliphatic carbocycles. The molecule has 0 aliphatic heterocycles. The van der Waals surface area contributed by atoms with Crippen LogP contribution in [0.25, 0.3) is 0 Å². The SMILES string of the molecule is CCOc1cc(N)cc(N(C)C(C)c2cccs2)c1. The topological polar surface area (TPSA) is 38.5 Å². The number of nitrogens with zero attached hydrogens (tertiary/aromatic N) is 1. The Balaban J connectivity index is 2.25. The molecule has 0 radical (unpaired) electrons. The third-order valence-electron chi connectivity index (χ3n) is 3.17. The summed E-state index contributed by atoms with van der Waals surface area (Å²) in [5.41, 5.74) is 7.74. The molecule has 2 rings (SSSR count). The van der Waals surface area contributed by atoms with Crippen molar-refractivity contribution in [1.82, 2.24) is 0 Å². The maximum absolute atomic E-state index is 5.94. The Morgan fingerprint density at radius 3 is 2.79 bits per heavy atom. The van der Waals surface area contributed by atoms with E-state index >= 15 is 0 Å². The molecule has 102 valence electrons. The Bertz CT molecular complexity index is 525. The highest BCUT2D eigenvalue weighted by Gasteiger charge is 2.14. The molecule has 0 amide bonds. The van der Waals surface area contributed by atoms with Gasteiger partial charge in [0, 0.05) is 35.4 Å². The average Bonchev–Trinajstić information content (AvgIpc) is 2.90. The monoisotopic (exact) mass is 276 g/mol. The van der Waals surface area contributed by atoms with Crippen LogP contribution in [0.3, 0.4) is 0 Å². The highest BCUT2D eigenvalue weighted by atomic mass is 32.1. The predicted molar refractivity (Wildman–Crippen MR) is 83.2 cm³/mol. The molecule has 0 aliphatic rings. The summed E-state index contributed by atoms with van der Waals surface area (Å²) in [6, 6.07) is 10.4. The van der Waals surface area contributed by atoms with E-state index in [0.717, 1.165) is 17.1 Å². The van der Waals surface area contributed by atoms with Gasteiger partial charge in [-0.2, -0.15) is 0 Å². The zero-order chi connectivity index (χ0) is 13.8. The van der Waals surface area contributed by atoms with E-state index in [-0.39, 0.29) is 0 Å². The highest BCUT2D eigenvalue weighted by Crippen LogP contribution is 2.31. The van der Waals surface area contributed by atoms with Crippen LogP contribution < -0.4 is 15.4 Å². The van der Waals surface area contributed by atoms with E-state index < -0.39 is 0 Å². The van der Waals surface area contributed by atoms with Crippen molar-refractivity contribution in [2.75, 3.05) is 24.3 Å². The van der Waals surface area contributed by atoms with Crippen molar-refractivity contribution in [1.29, 1.82) is 0 Å². The normalized spacial score (nSPS) is 12.2. The van der Waals surface area contributed by atoms with E-state index in [2.05, 4.69) is 36.4 Å². The number of nitrogens with two attached hydrogens (primary N) is 1. The first-order valence-corrected chi connectivity index (χ1v) is 7.29. The molecule has 2 N–H and O–H groups in total. The standard InChI is InChI=1S/C15H20N2OS/c1-4-18-14-9-12(16)8-13(10-14)17(3)11(2)15-6-5-7-19-15/h5-11H,4,16H2,1-3H3. The molecule has 0 spiro atoms. The minimum Gasteiger partial charge on any atom is -0.494 e. The molecule has 0 fully saturated rings. The molecular weight excluding hydrogens is 256 g/mol. The summed E-state index contributed by atoms with van der Waals surface area (Å²) < 4.78 is 5.54. The molecule has 19 heavy (non-hydrogen) atoms. The third-order valence-corrected chi connectivity index (χ3v) is 4.21. The van der Waals surface area contributed by atoms with Crippen LogP contribution in [0.15, 0.2) is 35.7 Å². The van der Waals surface area contributed by atoms with E-state index in [4.69, 9.17) is 10.5 Å². The van der Waals surface area contributed by atoms with Gasteiger partial charge < -0.3 is 15.4 Å². The van der Waals surface area contributed by atoms with Gasteiger partial charge in [0.1, 0.15) is 5.75 Å². The molecule has 1 unspecified atom stereocenters. The van der Waals surface area contributed by atoms with E-state index in [9.17, 15) is 0 Å². The Kier molecular flexibility index (Phi) is 4.32. The highest BCUT2D eigenvalue weighted by molar-refractivity contribution is 7.10. The van der Waals surface area contributed by atoms with Crippen LogP contribution in [0.4, 0.5) is 11.4 Å². The summed E-state index contributed by atoms with van der Waals surface area (Å²) in [6.07, 6.45) is 0. The van der Waals surface area contributed by atoms with Crippen LogP contribution in [-0.2, 0) is 0 Å². The maximum atomic E-state index is 5.94. The summed E-state index contributed by atoms with van der Waals surface area (Å²) in [6.45, 7) is 4.81. The lowest BCUT2D eigenvalue weighted by Crippen LogP contribution is -2.21. The summed E-state index contributed by atoms with van der Waals surface area (Å²) in [5, 5.41) is 2.10. The van der Waals surface area contributed by atoms with E-state index in [1.54, 1.807) is 11.3 Å². The van der Waals surface area contributed by atoms with Gasteiger partial charge in [-0.05, 0) is 31.4 Å². The number of nitrogen functional groups attached to an aromatic ring is 1. The van der Waals surface area contributed by atoms with Crippen LogP contribution in [0.2, 0.25) is 0 Å². The van der Waals surface area contributed by atoms with Gasteiger partial charge in [-0.1, -0.05) is 6.07 Å². The molecule has 3 nitrogen and oxygen atoms in total. The van der Waals surface area contributed by atoms with Gasteiger partial charge in [-0.25, -0.2) is 0 Å². The summed E-state index contributed by atoms with van der Waals surface area (Å²) in [4.78, 5) is 3.55. The smallest absolute Gasteiger partial charge is 0.123 e. The van der Waals surface area contributed by atoms with Crippen LogP contribution in [0.1, 0.15) is 24.8 Å². The first kappa shape index (κ1) is 13.7. The second kappa shape index (κ2) is 5.97. The fourth-order valence-electron chi connectivity index (χ4n) is 2.00. The maximum Gasteiger partial charge on any atom is 0.123 e. The Morgan fingerprint density at radius 1 is 1.37 bits per heavy atom. The molecule has 0 saturated carbocycles. The predicted octanol–water partition coefficient (Wildman–Crippen LogP) is 3.93. The zero-order valence-electron chi connectivity index (χ0n) is 11.6. The number of anilines is 2. The van der Waals surface area contributed by atoms with Crippen molar-refractivity contribution in [3.8, 4) is 5.75 Å². The summed E-state index contributed by atoms with van der Waals surface area (Å²) in [7, 11) is 2.08. The summed E-state index contributed by atoms with van der Waals surface area (Å²) in [5.74, 6) is 0.822. The van der Waals surface area contributed by atoms with E-state index in [1.165, 1.54) is 4.88 Å². The molecule has 1 atom stereocenters. The molecule has 1 aromatic carbocycles. The van der Waals surface area contributed by atoms with Crippen LogP contribution in [0.5, 0.6) is 5.75 Å². The molecule has 0 saturated heterocycles. The van der Waals surface area contributed by atoms with Crippen molar-refractivity contribution in [2.24, 2.45) is 0 Å². The van der Waals surface area contributed by atoms with E-state index in [1.807, 2.05) is 25.1 Å². The first-order valence-electron chi connectivity index (χ1n) is 6.41. The first-order chi connectivity index (χ1) is 9.11. The Hall–Kier alpha value is -1.68. The fourth-order valence-corrected chi connectivity index (χ4v) is 2.83. The lowest BCUT2D eigenvalue weighted by Gasteiger charge is -2.27. The zero-order valence-corrected chi connectivity index (χ0v) is 12.4. The third kappa shape index (κ3) is 3.20. The quantitative estimate of drug-likeness (QED) is 0.841. The Labute approximate surface area is 118 Å². The van der Waals surface area contributed by atoms with E-state index in [0.29, 0.717) is 12.6 Å². The average molecular weight is 276 g/mol. The minimum atomic E-state index is 0.316. The number of thiophene rings is 1. The van der Waals surface area contributed by atoms with Crippen LogP contribution >= 0.6 is 11.3 Å². The van der Waals surface area contributed by atoms with Crippen molar-refractivity contribution in [2.45, 2.75) is 19.9 Å². The molecule has 4 heteroatoms. The van der Waals surface area contributed by atoms with Gasteiger partial charge in [0.2, 0.25) is 0 Å². The van der Waals surface area contributed by atoms with Crippen molar-refractivity contribution < 1.29 is 4.74 Å². The number of benzene rings is 1. The lowest BCUT2D eigenvalue weighted by atomic mass is 10.2. The van der Waals surface area contributed by atoms with Crippen molar-refractivity contribution in [3.05, 3.63) is 40.6 Å². The van der Waals surface area contributed by atoms with Gasteiger partial charge in [-0.15, -0.1) is 11.3 Å². The van der Waals surface area contributed by atoms with Crippen molar-refractivity contribution in [3.63, 3.8) is 0 Å².